The highest BCUT2D eigenvalue weighted by molar-refractivity contribution is 6.35. The zero-order valence-electron chi connectivity index (χ0n) is 26.2. The molecule has 2 heterocycles. The van der Waals surface area contributed by atoms with Gasteiger partial charge in [0, 0.05) is 47.4 Å². The molecule has 1 aromatic heterocycles. The zero-order chi connectivity index (χ0) is 31.0. The van der Waals surface area contributed by atoms with Gasteiger partial charge in [-0.1, -0.05) is 67.2 Å². The first-order valence-corrected chi connectivity index (χ1v) is 17.7. The Hall–Kier alpha value is -2.05. The number of carbonyl (C=O) groups excluding carboxylic acids is 1. The third-order valence-corrected chi connectivity index (χ3v) is 11.5. The average Bonchev–Trinajstić information content (AvgIpc) is 3.34. The molecule has 0 spiro atoms. The Morgan fingerprint density at radius 2 is 1.66 bits per heavy atom. The lowest BCUT2D eigenvalue weighted by atomic mass is 9.58. The van der Waals surface area contributed by atoms with Gasteiger partial charge in [0.2, 0.25) is 0 Å². The Labute approximate surface area is 277 Å². The third kappa shape index (κ3) is 6.72. The predicted octanol–water partition coefficient (Wildman–Crippen LogP) is 9.44. The second-order valence-corrected chi connectivity index (χ2v) is 14.9. The van der Waals surface area contributed by atoms with Crippen LogP contribution in [-0.2, 0) is 0 Å². The van der Waals surface area contributed by atoms with Crippen molar-refractivity contribution in [2.75, 3.05) is 32.7 Å². The van der Waals surface area contributed by atoms with Gasteiger partial charge in [0.1, 0.15) is 0 Å². The molecule has 2 aromatic carbocycles. The Morgan fingerprint density at radius 1 is 0.932 bits per heavy atom. The molecule has 2 bridgehead atoms. The van der Waals surface area contributed by atoms with Crippen LogP contribution in [0.4, 0.5) is 0 Å². The summed E-state index contributed by atoms with van der Waals surface area (Å²) in [7, 11) is 0. The number of halogens is 3. The lowest BCUT2D eigenvalue weighted by molar-refractivity contribution is 0.0287. The minimum atomic E-state index is -0.0323. The fourth-order valence-corrected chi connectivity index (χ4v) is 9.24. The van der Waals surface area contributed by atoms with E-state index in [1.807, 2.05) is 42.2 Å². The number of rotatable bonds is 8. The molecule has 5 unspecified atom stereocenters. The van der Waals surface area contributed by atoms with E-state index < -0.39 is 0 Å². The van der Waals surface area contributed by atoms with Crippen LogP contribution in [0.3, 0.4) is 0 Å². The Morgan fingerprint density at radius 3 is 2.36 bits per heavy atom. The Kier molecular flexibility index (Phi) is 9.97. The average molecular weight is 656 g/mol. The van der Waals surface area contributed by atoms with Crippen molar-refractivity contribution in [2.24, 2.45) is 29.6 Å². The highest BCUT2D eigenvalue weighted by Crippen LogP contribution is 2.50. The number of carbonyl (C=O) groups is 1. The van der Waals surface area contributed by atoms with E-state index in [0.29, 0.717) is 39.5 Å². The molecule has 3 aromatic rings. The number of fused-ring (bicyclic) bond motifs is 2. The van der Waals surface area contributed by atoms with Gasteiger partial charge in [-0.15, -0.1) is 0 Å². The quantitative estimate of drug-likeness (QED) is 0.243. The number of benzene rings is 2. The topological polar surface area (TPSA) is 41.4 Å². The van der Waals surface area contributed by atoms with Gasteiger partial charge in [0.15, 0.2) is 5.69 Å². The van der Waals surface area contributed by atoms with E-state index in [2.05, 4.69) is 18.7 Å². The molecule has 44 heavy (non-hydrogen) atoms. The molecule has 5 atom stereocenters. The van der Waals surface area contributed by atoms with E-state index in [9.17, 15) is 4.79 Å². The van der Waals surface area contributed by atoms with Gasteiger partial charge in [-0.25, -0.2) is 4.68 Å². The molecule has 3 fully saturated rings. The van der Waals surface area contributed by atoms with Crippen LogP contribution in [0.2, 0.25) is 15.1 Å². The molecule has 5 nitrogen and oxygen atoms in total. The summed E-state index contributed by atoms with van der Waals surface area (Å²) in [5.41, 5.74) is 3.69. The molecule has 2 aliphatic carbocycles. The summed E-state index contributed by atoms with van der Waals surface area (Å²) in [6, 6.07) is 12.9. The smallest absolute Gasteiger partial charge is 0.274 e. The molecular weight excluding hydrogens is 611 g/mol. The van der Waals surface area contributed by atoms with Crippen LogP contribution in [0.15, 0.2) is 42.5 Å². The van der Waals surface area contributed by atoms with Crippen molar-refractivity contribution < 1.29 is 4.79 Å². The molecular formula is C36H45Cl3N4O. The maximum Gasteiger partial charge on any atom is 0.274 e. The summed E-state index contributed by atoms with van der Waals surface area (Å²) in [5, 5.41) is 6.53. The first kappa shape index (κ1) is 31.9. The maximum atomic E-state index is 13.9. The molecule has 8 heteroatoms. The van der Waals surface area contributed by atoms with Crippen LogP contribution in [-0.4, -0.2) is 58.2 Å². The van der Waals surface area contributed by atoms with Crippen LogP contribution in [0, 0.1) is 36.5 Å². The minimum absolute atomic E-state index is 0.0323. The largest absolute Gasteiger partial charge is 0.335 e. The SMILES string of the molecule is CCC1CC2CC(C)CC(C2)C1CCCN1CCN(C(=O)c2nn(-c3ccc(Cl)cc3Cl)c(-c3ccc(Cl)cc3)c2C)CC1. The monoisotopic (exact) mass is 654 g/mol. The van der Waals surface area contributed by atoms with Gasteiger partial charge in [-0.3, -0.25) is 9.69 Å². The zero-order valence-corrected chi connectivity index (χ0v) is 28.5. The van der Waals surface area contributed by atoms with Gasteiger partial charge in [-0.05, 0) is 112 Å². The molecule has 6 rings (SSSR count). The van der Waals surface area contributed by atoms with Gasteiger partial charge in [-0.2, -0.15) is 5.10 Å². The summed E-state index contributed by atoms with van der Waals surface area (Å²) >= 11 is 19.0. The summed E-state index contributed by atoms with van der Waals surface area (Å²) in [5.74, 6) is 4.63. The third-order valence-electron chi connectivity index (χ3n) is 10.7. The molecule has 0 N–H and O–H groups in total. The van der Waals surface area contributed by atoms with E-state index in [1.54, 1.807) is 16.8 Å². The molecule has 1 amide bonds. The summed E-state index contributed by atoms with van der Waals surface area (Å²) < 4.78 is 1.77. The normalized spacial score (nSPS) is 25.8. The maximum absolute atomic E-state index is 13.9. The van der Waals surface area contributed by atoms with Crippen molar-refractivity contribution in [2.45, 2.75) is 65.7 Å². The summed E-state index contributed by atoms with van der Waals surface area (Å²) in [4.78, 5) is 18.4. The number of aromatic nitrogens is 2. The highest BCUT2D eigenvalue weighted by atomic mass is 35.5. The number of piperazine rings is 1. The first-order chi connectivity index (χ1) is 21.2. The first-order valence-electron chi connectivity index (χ1n) is 16.5. The van der Waals surface area contributed by atoms with E-state index in [0.717, 1.165) is 66.0 Å². The Bertz CT molecular complexity index is 1460. The highest BCUT2D eigenvalue weighted by Gasteiger charge is 2.40. The van der Waals surface area contributed by atoms with Crippen LogP contribution in [0.25, 0.3) is 16.9 Å². The van der Waals surface area contributed by atoms with E-state index in [-0.39, 0.29) is 5.91 Å². The van der Waals surface area contributed by atoms with Gasteiger partial charge >= 0.3 is 0 Å². The molecule has 236 valence electrons. The summed E-state index contributed by atoms with van der Waals surface area (Å²) in [6.07, 6.45) is 9.80. The van der Waals surface area contributed by atoms with Crippen LogP contribution >= 0.6 is 34.8 Å². The van der Waals surface area contributed by atoms with Crippen molar-refractivity contribution in [3.8, 4) is 16.9 Å². The van der Waals surface area contributed by atoms with Crippen molar-refractivity contribution in [3.63, 3.8) is 0 Å². The van der Waals surface area contributed by atoms with E-state index in [1.165, 1.54) is 44.9 Å². The van der Waals surface area contributed by atoms with Gasteiger partial charge in [0.25, 0.3) is 5.91 Å². The van der Waals surface area contributed by atoms with Crippen LogP contribution in [0.1, 0.15) is 74.8 Å². The number of nitrogens with zero attached hydrogens (tertiary/aromatic N) is 4. The molecule has 3 aliphatic rings. The van der Waals surface area contributed by atoms with Crippen molar-refractivity contribution >= 4 is 40.7 Å². The lowest BCUT2D eigenvalue weighted by Gasteiger charge is -2.47. The molecule has 2 saturated carbocycles. The fraction of sp³-hybridized carbons (Fsp3) is 0.556. The van der Waals surface area contributed by atoms with Crippen molar-refractivity contribution in [3.05, 3.63) is 68.8 Å². The summed E-state index contributed by atoms with van der Waals surface area (Å²) in [6.45, 7) is 11.2. The van der Waals surface area contributed by atoms with Crippen molar-refractivity contribution in [1.82, 2.24) is 19.6 Å². The molecule has 1 aliphatic heterocycles. The second-order valence-electron chi connectivity index (χ2n) is 13.6. The van der Waals surface area contributed by atoms with E-state index in [4.69, 9.17) is 39.9 Å². The predicted molar refractivity (Wildman–Crippen MR) is 182 cm³/mol. The van der Waals surface area contributed by atoms with Crippen LogP contribution < -0.4 is 0 Å². The fourth-order valence-electron chi connectivity index (χ4n) is 8.62. The molecule has 1 saturated heterocycles. The van der Waals surface area contributed by atoms with Gasteiger partial charge < -0.3 is 4.90 Å². The van der Waals surface area contributed by atoms with E-state index >= 15 is 0 Å². The number of hydrogen-bond donors (Lipinski definition) is 0. The second kappa shape index (κ2) is 13.7. The van der Waals surface area contributed by atoms with Crippen LogP contribution in [0.5, 0.6) is 0 Å². The lowest BCUT2D eigenvalue weighted by Crippen LogP contribution is -2.49. The minimum Gasteiger partial charge on any atom is -0.335 e. The number of amides is 1. The number of hydrogen-bond acceptors (Lipinski definition) is 3. The molecule has 0 radical (unpaired) electrons. The Balaban J connectivity index is 1.12. The van der Waals surface area contributed by atoms with Gasteiger partial charge in [0.05, 0.1) is 16.4 Å². The van der Waals surface area contributed by atoms with Crippen molar-refractivity contribution in [1.29, 1.82) is 0 Å². The standard InChI is InChI=1S/C36H45Cl3N4O/c1-4-26-20-25-18-23(2)19-28(21-25)31(26)6-5-13-41-14-16-42(17-15-41)36(44)34-24(3)35(27-7-9-29(37)10-8-27)43(40-34)33-12-11-30(38)22-32(33)39/h7-12,22-23,25-26,28,31H,4-6,13-21H2,1-3H3.